The van der Waals surface area contributed by atoms with Crippen LogP contribution in [-0.2, 0) is 4.74 Å². The minimum atomic E-state index is -0.345. The number of rotatable bonds is 7. The SMILES string of the molecule is COC(=O)N1CC(c2cnn(-c3ccc(C)c(NC(=O)c4cnn5ccc(N(C)CCO)cc45)c3)n2)C1. The monoisotopic (exact) mass is 504 g/mol. The van der Waals surface area contributed by atoms with Gasteiger partial charge in [-0.2, -0.15) is 20.1 Å². The van der Waals surface area contributed by atoms with Gasteiger partial charge in [0.05, 0.1) is 48.6 Å². The minimum Gasteiger partial charge on any atom is -0.453 e. The highest BCUT2D eigenvalue weighted by atomic mass is 16.5. The molecule has 0 bridgehead atoms. The van der Waals surface area contributed by atoms with Gasteiger partial charge in [-0.25, -0.2) is 9.31 Å². The van der Waals surface area contributed by atoms with Gasteiger partial charge in [-0.1, -0.05) is 6.07 Å². The molecule has 3 aromatic heterocycles. The van der Waals surface area contributed by atoms with Crippen molar-refractivity contribution in [2.75, 3.05) is 50.6 Å². The highest BCUT2D eigenvalue weighted by Crippen LogP contribution is 2.27. The normalized spacial score (nSPS) is 13.5. The van der Waals surface area contributed by atoms with Crippen LogP contribution in [0.4, 0.5) is 16.2 Å². The fourth-order valence-corrected chi connectivity index (χ4v) is 4.25. The highest BCUT2D eigenvalue weighted by Gasteiger charge is 2.34. The molecule has 4 heterocycles. The number of carbonyl (C=O) groups is 2. The fraction of sp³-hybridized carbons (Fsp3) is 0.320. The molecule has 4 aromatic rings. The first-order valence-corrected chi connectivity index (χ1v) is 11.8. The Labute approximate surface area is 213 Å². The number of benzene rings is 1. The summed E-state index contributed by atoms with van der Waals surface area (Å²) >= 11 is 0. The van der Waals surface area contributed by atoms with Crippen LogP contribution in [-0.4, -0.2) is 87.0 Å². The van der Waals surface area contributed by atoms with Crippen molar-refractivity contribution in [3.05, 3.63) is 65.7 Å². The topological polar surface area (TPSA) is 130 Å². The first kappa shape index (κ1) is 24.3. The van der Waals surface area contributed by atoms with Gasteiger partial charge >= 0.3 is 6.09 Å². The van der Waals surface area contributed by atoms with Gasteiger partial charge in [0.2, 0.25) is 0 Å². The molecule has 37 heavy (non-hydrogen) atoms. The number of pyridine rings is 1. The molecule has 1 aliphatic rings. The van der Waals surface area contributed by atoms with Gasteiger partial charge in [0, 0.05) is 50.2 Å². The Kier molecular flexibility index (Phi) is 6.49. The number of likely N-dealkylation sites (tertiary alicyclic amines) is 1. The molecule has 1 saturated heterocycles. The maximum Gasteiger partial charge on any atom is 0.409 e. The maximum absolute atomic E-state index is 13.2. The van der Waals surface area contributed by atoms with Crippen molar-refractivity contribution < 1.29 is 19.4 Å². The number of nitrogens with one attached hydrogen (secondary N) is 1. The van der Waals surface area contributed by atoms with Crippen molar-refractivity contribution in [2.24, 2.45) is 0 Å². The van der Waals surface area contributed by atoms with E-state index in [0.29, 0.717) is 42.1 Å². The van der Waals surface area contributed by atoms with Crippen LogP contribution in [0.2, 0.25) is 0 Å². The summed E-state index contributed by atoms with van der Waals surface area (Å²) in [5, 5.41) is 25.5. The lowest BCUT2D eigenvalue weighted by molar-refractivity contribution is 0.0871. The van der Waals surface area contributed by atoms with E-state index >= 15 is 0 Å². The summed E-state index contributed by atoms with van der Waals surface area (Å²) in [5.41, 5.74) is 4.98. The van der Waals surface area contributed by atoms with E-state index < -0.39 is 0 Å². The Morgan fingerprint density at radius 1 is 1.19 bits per heavy atom. The number of fused-ring (bicyclic) bond motifs is 1. The molecule has 0 spiro atoms. The van der Waals surface area contributed by atoms with Crippen molar-refractivity contribution in [3.8, 4) is 5.69 Å². The number of methoxy groups -OCH3 is 1. The zero-order valence-corrected chi connectivity index (χ0v) is 20.8. The van der Waals surface area contributed by atoms with E-state index in [0.717, 1.165) is 16.9 Å². The van der Waals surface area contributed by atoms with Crippen LogP contribution in [0.15, 0.2) is 48.9 Å². The van der Waals surface area contributed by atoms with Crippen LogP contribution in [0.3, 0.4) is 0 Å². The molecule has 0 unspecified atom stereocenters. The van der Waals surface area contributed by atoms with Crippen LogP contribution in [0.1, 0.15) is 27.5 Å². The van der Waals surface area contributed by atoms with Gasteiger partial charge < -0.3 is 25.0 Å². The summed E-state index contributed by atoms with van der Waals surface area (Å²) in [6.07, 6.45) is 4.68. The molecule has 12 heteroatoms. The number of hydrogen-bond acceptors (Lipinski definition) is 8. The van der Waals surface area contributed by atoms with E-state index in [9.17, 15) is 14.7 Å². The van der Waals surface area contributed by atoms with Crippen molar-refractivity contribution >= 4 is 28.9 Å². The van der Waals surface area contributed by atoms with Gasteiger partial charge in [-0.15, -0.1) is 0 Å². The molecule has 0 atom stereocenters. The maximum atomic E-state index is 13.2. The molecule has 2 N–H and O–H groups in total. The van der Waals surface area contributed by atoms with E-state index in [2.05, 4.69) is 20.6 Å². The van der Waals surface area contributed by atoms with Gasteiger partial charge in [-0.3, -0.25) is 4.79 Å². The average Bonchev–Trinajstić information content (AvgIpc) is 3.51. The Hall–Kier alpha value is -4.45. The largest absolute Gasteiger partial charge is 0.453 e. The molecule has 0 saturated carbocycles. The van der Waals surface area contributed by atoms with Gasteiger partial charge in [0.1, 0.15) is 0 Å². The lowest BCUT2D eigenvalue weighted by Gasteiger charge is -2.36. The summed E-state index contributed by atoms with van der Waals surface area (Å²) in [7, 11) is 3.24. The molecule has 1 aromatic carbocycles. The lowest BCUT2D eigenvalue weighted by atomic mass is 9.98. The summed E-state index contributed by atoms with van der Waals surface area (Å²) < 4.78 is 6.38. The fourth-order valence-electron chi connectivity index (χ4n) is 4.25. The smallest absolute Gasteiger partial charge is 0.409 e. The Morgan fingerprint density at radius 2 is 2.00 bits per heavy atom. The Bertz CT molecular complexity index is 1460. The van der Waals surface area contributed by atoms with Gasteiger partial charge in [0.15, 0.2) is 0 Å². The second-order valence-electron chi connectivity index (χ2n) is 9.00. The highest BCUT2D eigenvalue weighted by molar-refractivity contribution is 6.09. The van der Waals surface area contributed by atoms with Crippen LogP contribution in [0.5, 0.6) is 0 Å². The zero-order valence-electron chi connectivity index (χ0n) is 20.8. The number of aryl methyl sites for hydroxylation is 1. The van der Waals surface area contributed by atoms with Crippen molar-refractivity contribution in [1.29, 1.82) is 0 Å². The third-order valence-electron chi connectivity index (χ3n) is 6.57. The number of nitrogens with zero attached hydrogens (tertiary/aromatic N) is 7. The second-order valence-corrected chi connectivity index (χ2v) is 9.00. The van der Waals surface area contributed by atoms with E-state index in [1.54, 1.807) is 21.8 Å². The minimum absolute atomic E-state index is 0.0309. The lowest BCUT2D eigenvalue weighted by Crippen LogP contribution is -2.48. The molecule has 1 fully saturated rings. The number of aliphatic hydroxyl groups excluding tert-OH is 1. The molecule has 0 radical (unpaired) electrons. The van der Waals surface area contributed by atoms with Crippen molar-refractivity contribution in [3.63, 3.8) is 0 Å². The molecule has 5 rings (SSSR count). The van der Waals surface area contributed by atoms with Crippen LogP contribution in [0.25, 0.3) is 11.2 Å². The molecular weight excluding hydrogens is 476 g/mol. The quantitative estimate of drug-likeness (QED) is 0.391. The molecule has 192 valence electrons. The van der Waals surface area contributed by atoms with E-state index in [4.69, 9.17) is 4.74 Å². The van der Waals surface area contributed by atoms with Gasteiger partial charge in [0.25, 0.3) is 5.91 Å². The standard InChI is InChI=1S/C25H28N8O4/c1-16-4-5-19(33-27-13-22(29-33)17-14-31(15-17)25(36)37-3)10-21(16)28-24(35)20-12-26-32-7-6-18(11-23(20)32)30(2)8-9-34/h4-7,10-13,17,34H,8-9,14-15H2,1-3H3,(H,28,35). The third-order valence-corrected chi connectivity index (χ3v) is 6.57. The zero-order chi connectivity index (χ0) is 26.1. The average molecular weight is 505 g/mol. The second kappa shape index (κ2) is 9.90. The number of carbonyl (C=O) groups excluding carboxylic acids is 2. The van der Waals surface area contributed by atoms with Gasteiger partial charge in [-0.05, 0) is 36.8 Å². The number of hydrogen-bond donors (Lipinski definition) is 2. The van der Waals surface area contributed by atoms with Crippen LogP contribution < -0.4 is 10.2 Å². The predicted octanol–water partition coefficient (Wildman–Crippen LogP) is 2.07. The number of amides is 2. The van der Waals surface area contributed by atoms with E-state index in [1.165, 1.54) is 18.1 Å². The third kappa shape index (κ3) is 4.70. The number of aliphatic hydroxyl groups is 1. The molecule has 0 aliphatic carbocycles. The Balaban J connectivity index is 1.34. The predicted molar refractivity (Wildman–Crippen MR) is 136 cm³/mol. The summed E-state index contributed by atoms with van der Waals surface area (Å²) in [5.74, 6) is -0.182. The number of aromatic nitrogens is 5. The van der Waals surface area contributed by atoms with Crippen molar-refractivity contribution in [2.45, 2.75) is 12.8 Å². The molecule has 2 amide bonds. The molecular formula is C25H28N8O4. The Morgan fingerprint density at radius 3 is 2.76 bits per heavy atom. The van der Waals surface area contributed by atoms with Crippen molar-refractivity contribution in [1.82, 2.24) is 29.5 Å². The first-order valence-electron chi connectivity index (χ1n) is 11.8. The van der Waals surface area contributed by atoms with Crippen LogP contribution >= 0.6 is 0 Å². The first-order chi connectivity index (χ1) is 17.9. The number of anilines is 2. The van der Waals surface area contributed by atoms with Crippen LogP contribution in [0, 0.1) is 6.92 Å². The summed E-state index contributed by atoms with van der Waals surface area (Å²) in [6, 6.07) is 9.36. The number of likely N-dealkylation sites (N-methyl/N-ethyl adjacent to an activating group) is 1. The molecule has 1 aliphatic heterocycles. The summed E-state index contributed by atoms with van der Waals surface area (Å²) in [6.45, 7) is 3.50. The molecule has 12 nitrogen and oxygen atoms in total. The summed E-state index contributed by atoms with van der Waals surface area (Å²) in [4.78, 5) is 29.9. The van der Waals surface area contributed by atoms with E-state index in [1.807, 2.05) is 49.2 Å². The number of ether oxygens (including phenoxy) is 1. The van der Waals surface area contributed by atoms with E-state index in [-0.39, 0.29) is 24.5 Å².